The van der Waals surface area contributed by atoms with Crippen molar-refractivity contribution in [1.29, 1.82) is 0 Å². The van der Waals surface area contributed by atoms with E-state index in [1.807, 2.05) is 0 Å². The van der Waals surface area contributed by atoms with Crippen LogP contribution in [0.4, 0.5) is 0 Å². The molecule has 0 saturated heterocycles. The summed E-state index contributed by atoms with van der Waals surface area (Å²) in [5.41, 5.74) is 0. The molecule has 12 saturated carbocycles. The van der Waals surface area contributed by atoms with Gasteiger partial charge < -0.3 is 0 Å². The van der Waals surface area contributed by atoms with Gasteiger partial charge in [0.2, 0.25) is 0 Å². The molecule has 0 spiro atoms. The molecule has 0 amide bonds. The molecule has 12 aliphatic rings. The van der Waals surface area contributed by atoms with Crippen LogP contribution in [0.3, 0.4) is 0 Å². The Kier molecular flexibility index (Phi) is 0.835. The summed E-state index contributed by atoms with van der Waals surface area (Å²) < 4.78 is 0.713. The summed E-state index contributed by atoms with van der Waals surface area (Å²) >= 11 is 4.62. The maximum atomic E-state index is 4.62. The summed E-state index contributed by atoms with van der Waals surface area (Å²) in [7, 11) is 0. The molecule has 0 aromatic heterocycles. The second-order valence-electron chi connectivity index (χ2n) is 11.6. The Morgan fingerprint density at radius 2 is 0.524 bits per heavy atom. The van der Waals surface area contributed by atoms with Crippen LogP contribution < -0.4 is 0 Å². The molecule has 0 aromatic carbocycles. The summed E-state index contributed by atoms with van der Waals surface area (Å²) in [4.78, 5) is 0. The minimum Gasteiger partial charge on any atom is -0.0844 e. The third-order valence-corrected chi connectivity index (χ3v) is 14.9. The molecule has 0 radical (unpaired) electrons. The zero-order valence-corrected chi connectivity index (χ0v) is 13.4. The van der Waals surface area contributed by atoms with Crippen LogP contribution in [0, 0.1) is 112 Å². The lowest BCUT2D eigenvalue weighted by molar-refractivity contribution is 0.198. The SMILES string of the molecule is BrC12C3C4C5C6C7C8C5C3C3C8C5C7C7C6C4C1C7C5C32. The topological polar surface area (TPSA) is 0 Å². The fourth-order valence-electron chi connectivity index (χ4n) is 15.3. The Balaban J connectivity index is 1.49. The van der Waals surface area contributed by atoms with Crippen molar-refractivity contribution < 1.29 is 0 Å². The lowest BCUT2D eigenvalue weighted by Crippen LogP contribution is -2.36. The van der Waals surface area contributed by atoms with Gasteiger partial charge in [-0.25, -0.2) is 0 Å². The van der Waals surface area contributed by atoms with Crippen molar-refractivity contribution in [3.63, 3.8) is 0 Å². The first-order valence-corrected chi connectivity index (χ1v) is 10.8. The van der Waals surface area contributed by atoms with Gasteiger partial charge in [-0.15, -0.1) is 0 Å². The third-order valence-electron chi connectivity index (χ3n) is 13.4. The Hall–Kier alpha value is 0.480. The van der Waals surface area contributed by atoms with Crippen LogP contribution in [0.1, 0.15) is 0 Å². The van der Waals surface area contributed by atoms with Gasteiger partial charge in [0.05, 0.1) is 0 Å². The van der Waals surface area contributed by atoms with Gasteiger partial charge in [0.1, 0.15) is 0 Å². The zero-order valence-electron chi connectivity index (χ0n) is 11.8. The predicted octanol–water partition coefficient (Wildman–Crippen LogP) is 2.98. The molecule has 0 bridgehead atoms. The van der Waals surface area contributed by atoms with Crippen LogP contribution >= 0.6 is 15.9 Å². The first-order valence-electron chi connectivity index (χ1n) is 10.1. The molecular weight excluding hydrogens is 320 g/mol. The first kappa shape index (κ1) is 9.09. The van der Waals surface area contributed by atoms with E-state index in [1.165, 1.54) is 112 Å². The second kappa shape index (κ2) is 1.93. The fraction of sp³-hybridized carbons (Fsp3) is 1.00. The maximum absolute atomic E-state index is 4.62. The molecule has 0 nitrogen and oxygen atoms in total. The first-order chi connectivity index (χ1) is 10.4. The van der Waals surface area contributed by atoms with Crippen molar-refractivity contribution in [2.45, 2.75) is 4.32 Å². The molecule has 12 fully saturated rings. The van der Waals surface area contributed by atoms with Gasteiger partial charge in [-0.3, -0.25) is 0 Å². The van der Waals surface area contributed by atoms with Gasteiger partial charge >= 0.3 is 0 Å². The molecule has 0 heterocycles. The maximum Gasteiger partial charge on any atom is 0.0359 e. The van der Waals surface area contributed by atoms with Gasteiger partial charge in [0, 0.05) is 4.32 Å². The molecule has 0 N–H and O–H groups in total. The minimum atomic E-state index is 0.713. The standard InChI is InChI=1S/C20H19Br/c21-20-17-11-5-2-1-3-7(5)13(17)15-9(3)10-4(1)8-6(2)12(11)18(20)14(8)16(10)19(15)20/h1-19H. The van der Waals surface area contributed by atoms with Crippen LogP contribution in [0.15, 0.2) is 0 Å². The van der Waals surface area contributed by atoms with Crippen molar-refractivity contribution >= 4 is 15.9 Å². The highest BCUT2D eigenvalue weighted by molar-refractivity contribution is 9.10. The quantitative estimate of drug-likeness (QED) is 0.595. The van der Waals surface area contributed by atoms with E-state index in [0.29, 0.717) is 4.32 Å². The predicted molar refractivity (Wildman–Crippen MR) is 78.0 cm³/mol. The Labute approximate surface area is 132 Å². The number of hydrogen-bond acceptors (Lipinski definition) is 0. The van der Waals surface area contributed by atoms with Gasteiger partial charge in [-0.1, -0.05) is 15.9 Å². The molecule has 12 aliphatic carbocycles. The van der Waals surface area contributed by atoms with Crippen LogP contribution in [-0.4, -0.2) is 4.32 Å². The van der Waals surface area contributed by atoms with E-state index < -0.39 is 0 Å². The average Bonchev–Trinajstić information content (AvgIpc) is 3.10. The molecule has 21 heavy (non-hydrogen) atoms. The van der Waals surface area contributed by atoms with E-state index in [9.17, 15) is 0 Å². The summed E-state index contributed by atoms with van der Waals surface area (Å²) in [5, 5.41) is 0. The average molecular weight is 339 g/mol. The highest BCUT2D eigenvalue weighted by atomic mass is 79.9. The van der Waals surface area contributed by atoms with E-state index in [4.69, 9.17) is 0 Å². The number of hydrogen-bond donors (Lipinski definition) is 0. The molecule has 106 valence electrons. The second-order valence-corrected chi connectivity index (χ2v) is 13.0. The van der Waals surface area contributed by atoms with E-state index in [-0.39, 0.29) is 0 Å². The lowest BCUT2D eigenvalue weighted by atomic mass is 9.77. The van der Waals surface area contributed by atoms with Crippen molar-refractivity contribution in [2.75, 3.05) is 0 Å². The normalized spacial score (nSPS) is 107. The number of rotatable bonds is 0. The molecule has 1 heteroatoms. The molecule has 0 aliphatic heterocycles. The van der Waals surface area contributed by atoms with Crippen molar-refractivity contribution in [3.05, 3.63) is 0 Å². The van der Waals surface area contributed by atoms with Gasteiger partial charge in [0.15, 0.2) is 0 Å². The van der Waals surface area contributed by atoms with Crippen LogP contribution in [0.5, 0.6) is 0 Å². The van der Waals surface area contributed by atoms with E-state index in [1.54, 1.807) is 0 Å². The number of alkyl halides is 1. The highest BCUT2D eigenvalue weighted by Crippen LogP contribution is 3.03. The Morgan fingerprint density at radius 3 is 0.762 bits per heavy atom. The summed E-state index contributed by atoms with van der Waals surface area (Å²) in [6.45, 7) is 0. The Bertz CT molecular complexity index is 611. The third kappa shape index (κ3) is 0.437. The van der Waals surface area contributed by atoms with Gasteiger partial charge in [-0.05, 0) is 112 Å². The molecule has 12 atom stereocenters. The van der Waals surface area contributed by atoms with Gasteiger partial charge in [-0.2, -0.15) is 0 Å². The molecule has 12 unspecified atom stereocenters. The van der Waals surface area contributed by atoms with E-state index in [2.05, 4.69) is 15.9 Å². The highest BCUT2D eigenvalue weighted by Gasteiger charge is 3.01. The smallest absolute Gasteiger partial charge is 0.0359 e. The Morgan fingerprint density at radius 1 is 0.333 bits per heavy atom. The van der Waals surface area contributed by atoms with E-state index >= 15 is 0 Å². The molecule has 0 aromatic rings. The van der Waals surface area contributed by atoms with Crippen LogP contribution in [0.25, 0.3) is 0 Å². The molecular formula is C20H19Br. The van der Waals surface area contributed by atoms with Crippen LogP contribution in [0.2, 0.25) is 0 Å². The van der Waals surface area contributed by atoms with Crippen molar-refractivity contribution in [2.24, 2.45) is 112 Å². The van der Waals surface area contributed by atoms with Crippen molar-refractivity contribution in [1.82, 2.24) is 0 Å². The summed E-state index contributed by atoms with van der Waals surface area (Å²) in [6, 6.07) is 0. The zero-order chi connectivity index (χ0) is 12.5. The monoisotopic (exact) mass is 338 g/mol. The van der Waals surface area contributed by atoms with Gasteiger partial charge in [0.25, 0.3) is 0 Å². The lowest BCUT2D eigenvalue weighted by Gasteiger charge is -2.34. The summed E-state index contributed by atoms with van der Waals surface area (Å²) in [6.07, 6.45) is 0. The minimum absolute atomic E-state index is 0.713. The van der Waals surface area contributed by atoms with Crippen molar-refractivity contribution in [3.8, 4) is 0 Å². The fourth-order valence-corrected chi connectivity index (χ4v) is 17.1. The largest absolute Gasteiger partial charge is 0.0844 e. The van der Waals surface area contributed by atoms with Crippen LogP contribution in [-0.2, 0) is 0 Å². The molecule has 12 rings (SSSR count). The number of halogens is 1. The van der Waals surface area contributed by atoms with E-state index in [0.717, 1.165) is 0 Å². The summed E-state index contributed by atoms with van der Waals surface area (Å²) in [5.74, 6) is 24.0.